The van der Waals surface area contributed by atoms with Crippen LogP contribution in [0, 0.1) is 0 Å². The van der Waals surface area contributed by atoms with Gasteiger partial charge < -0.3 is 4.98 Å². The number of aromatic nitrogens is 4. The minimum atomic E-state index is 0.480. The monoisotopic (exact) mass is 333 g/mol. The van der Waals surface area contributed by atoms with E-state index < -0.39 is 0 Å². The largest absolute Gasteiger partial charge is 0.344 e. The van der Waals surface area contributed by atoms with Crippen molar-refractivity contribution < 1.29 is 0 Å². The molecule has 3 heterocycles. The first-order chi connectivity index (χ1) is 11.3. The number of unbranched alkanes of at least 4 members (excludes halogenated alkanes) is 1. The summed E-state index contributed by atoms with van der Waals surface area (Å²) in [6.45, 7) is 5.13. The Hall–Kier alpha value is -1.46. The van der Waals surface area contributed by atoms with Gasteiger partial charge in [-0.25, -0.2) is 15.0 Å². The number of aromatic amines is 1. The zero-order valence-electron chi connectivity index (χ0n) is 13.6. The van der Waals surface area contributed by atoms with Gasteiger partial charge in [-0.3, -0.25) is 4.90 Å². The molecule has 1 N–H and O–H groups in total. The van der Waals surface area contributed by atoms with Gasteiger partial charge in [-0.15, -0.1) is 0 Å². The van der Waals surface area contributed by atoms with Gasteiger partial charge in [-0.1, -0.05) is 24.9 Å². The zero-order valence-corrected chi connectivity index (χ0v) is 14.4. The van der Waals surface area contributed by atoms with E-state index in [1.165, 1.54) is 19.3 Å². The molecule has 0 unspecified atom stereocenters. The number of nitrogens with zero attached hydrogens (tertiary/aromatic N) is 4. The highest BCUT2D eigenvalue weighted by atomic mass is 35.5. The van der Waals surface area contributed by atoms with Crippen LogP contribution >= 0.6 is 11.6 Å². The summed E-state index contributed by atoms with van der Waals surface area (Å²) >= 11 is 6.31. The van der Waals surface area contributed by atoms with Crippen molar-refractivity contribution in [2.24, 2.45) is 0 Å². The maximum atomic E-state index is 6.31. The van der Waals surface area contributed by atoms with E-state index in [0.29, 0.717) is 11.1 Å². The van der Waals surface area contributed by atoms with E-state index >= 15 is 0 Å². The average molecular weight is 334 g/mol. The van der Waals surface area contributed by atoms with E-state index in [1.807, 2.05) is 12.3 Å². The third-order valence-electron chi connectivity index (χ3n) is 4.45. The Balaban J connectivity index is 1.62. The van der Waals surface area contributed by atoms with Crippen molar-refractivity contribution in [2.75, 3.05) is 13.1 Å². The number of halogens is 1. The van der Waals surface area contributed by atoms with Crippen LogP contribution < -0.4 is 0 Å². The molecule has 2 aromatic rings. The van der Waals surface area contributed by atoms with Crippen LogP contribution in [0.1, 0.15) is 55.7 Å². The molecule has 23 heavy (non-hydrogen) atoms. The molecule has 1 aliphatic rings. The lowest BCUT2D eigenvalue weighted by molar-refractivity contribution is 0.196. The molecule has 1 saturated heterocycles. The predicted molar refractivity (Wildman–Crippen MR) is 91.5 cm³/mol. The Labute approximate surface area is 142 Å². The standard InChI is InChI=1S/C17H24ClN5/c1-2-3-6-16-21-15(17(18)22-16)11-23-9-4-5-13(10-23)14-7-8-19-12-20-14/h7-8,12-13H,2-6,9-11H2,1H3,(H,21,22)/t13-/m1/s1. The first-order valence-corrected chi connectivity index (χ1v) is 8.85. The van der Waals surface area contributed by atoms with Gasteiger partial charge in [0, 0.05) is 37.3 Å². The number of hydrogen-bond acceptors (Lipinski definition) is 4. The van der Waals surface area contributed by atoms with Crippen LogP contribution in [0.15, 0.2) is 18.6 Å². The summed E-state index contributed by atoms with van der Waals surface area (Å²) in [6, 6.07) is 2.03. The fourth-order valence-corrected chi connectivity index (χ4v) is 3.42. The molecule has 0 spiro atoms. The third kappa shape index (κ3) is 4.30. The van der Waals surface area contributed by atoms with Gasteiger partial charge in [-0.2, -0.15) is 0 Å². The van der Waals surface area contributed by atoms with Crippen LogP contribution in [0.4, 0.5) is 0 Å². The molecule has 6 heteroatoms. The molecular weight excluding hydrogens is 310 g/mol. The summed E-state index contributed by atoms with van der Waals surface area (Å²) in [4.78, 5) is 18.7. The Morgan fingerprint density at radius 1 is 1.43 bits per heavy atom. The molecule has 1 atom stereocenters. The van der Waals surface area contributed by atoms with Crippen molar-refractivity contribution in [3.8, 4) is 0 Å². The summed E-state index contributed by atoms with van der Waals surface area (Å²) in [6.07, 6.45) is 9.12. The van der Waals surface area contributed by atoms with Crippen LogP contribution in [0.5, 0.6) is 0 Å². The lowest BCUT2D eigenvalue weighted by Gasteiger charge is -2.32. The molecule has 0 bridgehead atoms. The highest BCUT2D eigenvalue weighted by molar-refractivity contribution is 6.30. The van der Waals surface area contributed by atoms with Gasteiger partial charge in [0.25, 0.3) is 0 Å². The first-order valence-electron chi connectivity index (χ1n) is 8.47. The molecule has 0 saturated carbocycles. The van der Waals surface area contributed by atoms with Crippen molar-refractivity contribution in [1.29, 1.82) is 0 Å². The van der Waals surface area contributed by atoms with Crippen molar-refractivity contribution >= 4 is 11.6 Å². The first kappa shape index (κ1) is 16.4. The number of hydrogen-bond donors (Lipinski definition) is 1. The Morgan fingerprint density at radius 2 is 2.35 bits per heavy atom. The maximum absolute atomic E-state index is 6.31. The highest BCUT2D eigenvalue weighted by Crippen LogP contribution is 2.27. The van der Waals surface area contributed by atoms with Gasteiger partial charge in [0.1, 0.15) is 12.2 Å². The lowest BCUT2D eigenvalue weighted by Crippen LogP contribution is -2.34. The molecule has 1 aliphatic heterocycles. The molecule has 0 radical (unpaired) electrons. The average Bonchev–Trinajstić information content (AvgIpc) is 2.94. The molecule has 124 valence electrons. The fraction of sp³-hybridized carbons (Fsp3) is 0.588. The Bertz CT molecular complexity index is 613. The van der Waals surface area contributed by atoms with Crippen LogP contribution in [0.2, 0.25) is 5.15 Å². The molecule has 5 nitrogen and oxygen atoms in total. The highest BCUT2D eigenvalue weighted by Gasteiger charge is 2.23. The van der Waals surface area contributed by atoms with Gasteiger partial charge >= 0.3 is 0 Å². The van der Waals surface area contributed by atoms with Crippen molar-refractivity contribution in [1.82, 2.24) is 24.8 Å². The number of imidazole rings is 1. The smallest absolute Gasteiger partial charge is 0.151 e. The molecule has 3 rings (SSSR count). The van der Waals surface area contributed by atoms with E-state index in [4.69, 9.17) is 11.6 Å². The minimum Gasteiger partial charge on any atom is -0.344 e. The summed E-state index contributed by atoms with van der Waals surface area (Å²) in [5.74, 6) is 1.49. The number of likely N-dealkylation sites (tertiary alicyclic amines) is 1. The quantitative estimate of drug-likeness (QED) is 0.878. The number of H-pyrrole nitrogens is 1. The number of piperidine rings is 1. The van der Waals surface area contributed by atoms with Crippen molar-refractivity contribution in [3.05, 3.63) is 41.0 Å². The lowest BCUT2D eigenvalue weighted by atomic mass is 9.94. The summed E-state index contributed by atoms with van der Waals surface area (Å²) < 4.78 is 0. The summed E-state index contributed by atoms with van der Waals surface area (Å²) in [5.41, 5.74) is 2.19. The Kier molecular flexibility index (Phi) is 5.62. The van der Waals surface area contributed by atoms with E-state index in [-0.39, 0.29) is 0 Å². The minimum absolute atomic E-state index is 0.480. The fourth-order valence-electron chi connectivity index (χ4n) is 3.21. The maximum Gasteiger partial charge on any atom is 0.151 e. The van der Waals surface area contributed by atoms with E-state index in [1.54, 1.807) is 6.33 Å². The van der Waals surface area contributed by atoms with Crippen molar-refractivity contribution in [3.63, 3.8) is 0 Å². The molecule has 2 aromatic heterocycles. The van der Waals surface area contributed by atoms with Gasteiger partial charge in [0.2, 0.25) is 0 Å². The third-order valence-corrected chi connectivity index (χ3v) is 4.77. The SMILES string of the molecule is CCCCc1nc(Cl)c(CN2CCC[C@@H](c3ccncn3)C2)[nH]1. The summed E-state index contributed by atoms with van der Waals surface area (Å²) in [7, 11) is 0. The van der Waals surface area contributed by atoms with E-state index in [0.717, 1.165) is 49.7 Å². The van der Waals surface area contributed by atoms with E-state index in [9.17, 15) is 0 Å². The van der Waals surface area contributed by atoms with E-state index in [2.05, 4.69) is 31.8 Å². The second-order valence-electron chi connectivity index (χ2n) is 6.26. The molecule has 1 fully saturated rings. The zero-order chi connectivity index (χ0) is 16.1. The topological polar surface area (TPSA) is 57.7 Å². The number of rotatable bonds is 6. The second-order valence-corrected chi connectivity index (χ2v) is 6.62. The second kappa shape index (κ2) is 7.88. The molecule has 0 aliphatic carbocycles. The molecule has 0 amide bonds. The van der Waals surface area contributed by atoms with Crippen LogP contribution in [-0.2, 0) is 13.0 Å². The Morgan fingerprint density at radius 3 is 3.13 bits per heavy atom. The normalized spacial score (nSPS) is 19.1. The van der Waals surface area contributed by atoms with Gasteiger partial charge in [0.05, 0.1) is 5.69 Å². The number of aryl methyl sites for hydroxylation is 1. The van der Waals surface area contributed by atoms with Crippen LogP contribution in [0.25, 0.3) is 0 Å². The van der Waals surface area contributed by atoms with Crippen molar-refractivity contribution in [2.45, 2.75) is 51.5 Å². The van der Waals surface area contributed by atoms with Crippen LogP contribution in [-0.4, -0.2) is 37.9 Å². The summed E-state index contributed by atoms with van der Waals surface area (Å²) in [5, 5.41) is 0.625. The number of nitrogens with one attached hydrogen (secondary N) is 1. The van der Waals surface area contributed by atoms with Gasteiger partial charge in [-0.05, 0) is 31.9 Å². The molecule has 0 aromatic carbocycles. The molecular formula is C17H24ClN5. The van der Waals surface area contributed by atoms with Gasteiger partial charge in [0.15, 0.2) is 5.15 Å². The predicted octanol–water partition coefficient (Wildman–Crippen LogP) is 3.58. The van der Waals surface area contributed by atoms with Crippen LogP contribution in [0.3, 0.4) is 0 Å².